The summed E-state index contributed by atoms with van der Waals surface area (Å²) >= 11 is 12.1. The Morgan fingerprint density at radius 1 is 1.10 bits per heavy atom. The highest BCUT2D eigenvalue weighted by Gasteiger charge is 2.24. The second kappa shape index (κ2) is 11.0. The van der Waals surface area contributed by atoms with Crippen LogP contribution in [0.15, 0.2) is 41.3 Å². The summed E-state index contributed by atoms with van der Waals surface area (Å²) in [7, 11) is -3.71. The third-order valence-corrected chi connectivity index (χ3v) is 7.29. The fourth-order valence-corrected chi connectivity index (χ4v) is 4.64. The number of benzene rings is 2. The molecule has 2 aromatic rings. The van der Waals surface area contributed by atoms with Crippen LogP contribution in [0.3, 0.4) is 0 Å². The molecule has 0 aliphatic rings. The van der Waals surface area contributed by atoms with Gasteiger partial charge in [0.1, 0.15) is 16.5 Å². The molecule has 0 aliphatic carbocycles. The molecule has 0 aromatic heterocycles. The molecule has 0 saturated carbocycles. The number of hydrogen-bond donors (Lipinski definition) is 1. The van der Waals surface area contributed by atoms with Gasteiger partial charge < -0.3 is 14.8 Å². The molecule has 0 spiro atoms. The lowest BCUT2D eigenvalue weighted by Crippen LogP contribution is -2.31. The van der Waals surface area contributed by atoms with E-state index in [0.29, 0.717) is 30.5 Å². The highest BCUT2D eigenvalue weighted by atomic mass is 35.5. The van der Waals surface area contributed by atoms with Crippen molar-refractivity contribution in [2.24, 2.45) is 0 Å². The van der Waals surface area contributed by atoms with Gasteiger partial charge in [-0.2, -0.15) is 4.31 Å². The molecule has 31 heavy (non-hydrogen) atoms. The number of amides is 1. The summed E-state index contributed by atoms with van der Waals surface area (Å²) < 4.78 is 38.3. The van der Waals surface area contributed by atoms with E-state index >= 15 is 0 Å². The summed E-state index contributed by atoms with van der Waals surface area (Å²) in [5.74, 6) is 0.108. The van der Waals surface area contributed by atoms with Crippen LogP contribution >= 0.6 is 23.2 Å². The minimum atomic E-state index is -3.71. The van der Waals surface area contributed by atoms with E-state index in [1.54, 1.807) is 45.9 Å². The Balaban J connectivity index is 2.31. The second-order valence-corrected chi connectivity index (χ2v) is 9.20. The fraction of sp³-hybridized carbons (Fsp3) is 0.381. The number of sulfonamides is 1. The third kappa shape index (κ3) is 6.04. The van der Waals surface area contributed by atoms with Gasteiger partial charge in [0.2, 0.25) is 10.0 Å². The molecule has 1 N–H and O–H groups in total. The van der Waals surface area contributed by atoms with Crippen molar-refractivity contribution in [2.45, 2.75) is 38.7 Å². The number of rotatable bonds is 10. The van der Waals surface area contributed by atoms with Gasteiger partial charge in [-0.05, 0) is 44.2 Å². The lowest BCUT2D eigenvalue weighted by atomic mass is 10.2. The Morgan fingerprint density at radius 3 is 2.39 bits per heavy atom. The molecule has 0 bridgehead atoms. The van der Waals surface area contributed by atoms with Crippen molar-refractivity contribution < 1.29 is 22.7 Å². The SMILES string of the molecule is CCOc1ccc(S(=O)(=O)N(CC)CC)cc1NC(=O)C(C)Oc1cccc(Cl)c1Cl. The maximum Gasteiger partial charge on any atom is 0.265 e. The number of ether oxygens (including phenoxy) is 2. The highest BCUT2D eigenvalue weighted by Crippen LogP contribution is 2.33. The number of carbonyl (C=O) groups excluding carboxylic acids is 1. The Kier molecular flexibility index (Phi) is 9.00. The van der Waals surface area contributed by atoms with Gasteiger partial charge in [0.25, 0.3) is 5.91 Å². The number of nitrogens with zero attached hydrogens (tertiary/aromatic N) is 1. The monoisotopic (exact) mass is 488 g/mol. The van der Waals surface area contributed by atoms with E-state index in [2.05, 4.69) is 5.32 Å². The zero-order chi connectivity index (χ0) is 23.2. The molecule has 1 atom stereocenters. The Bertz CT molecular complexity index is 1030. The van der Waals surface area contributed by atoms with Crippen molar-refractivity contribution >= 4 is 44.8 Å². The Morgan fingerprint density at radius 2 is 1.77 bits per heavy atom. The van der Waals surface area contributed by atoms with Gasteiger partial charge in [-0.1, -0.05) is 43.1 Å². The van der Waals surface area contributed by atoms with E-state index in [1.165, 1.54) is 22.5 Å². The minimum absolute atomic E-state index is 0.0569. The molecule has 2 rings (SSSR count). The predicted octanol–water partition coefficient (Wildman–Crippen LogP) is 4.83. The summed E-state index contributed by atoms with van der Waals surface area (Å²) in [6.07, 6.45) is -0.937. The number of hydrogen-bond acceptors (Lipinski definition) is 5. The average Bonchev–Trinajstić information content (AvgIpc) is 2.73. The average molecular weight is 489 g/mol. The van der Waals surface area contributed by atoms with Gasteiger partial charge in [-0.15, -0.1) is 0 Å². The lowest BCUT2D eigenvalue weighted by molar-refractivity contribution is -0.122. The van der Waals surface area contributed by atoms with Crippen LogP contribution in [0.25, 0.3) is 0 Å². The van der Waals surface area contributed by atoms with Crippen molar-refractivity contribution in [1.29, 1.82) is 0 Å². The van der Waals surface area contributed by atoms with E-state index < -0.39 is 22.0 Å². The normalized spacial score (nSPS) is 12.5. The third-order valence-electron chi connectivity index (χ3n) is 4.44. The Labute approximate surface area is 193 Å². The van der Waals surface area contributed by atoms with Crippen LogP contribution in [0.1, 0.15) is 27.7 Å². The van der Waals surface area contributed by atoms with Crippen LogP contribution in [-0.2, 0) is 14.8 Å². The van der Waals surface area contributed by atoms with Crippen LogP contribution in [0, 0.1) is 0 Å². The van der Waals surface area contributed by atoms with Gasteiger partial charge in [0, 0.05) is 13.1 Å². The zero-order valence-electron chi connectivity index (χ0n) is 17.8. The first kappa shape index (κ1) is 25.3. The Hall–Kier alpha value is -2.00. The molecule has 170 valence electrons. The highest BCUT2D eigenvalue weighted by molar-refractivity contribution is 7.89. The van der Waals surface area contributed by atoms with Crippen molar-refractivity contribution in [2.75, 3.05) is 25.0 Å². The molecule has 0 aliphatic heterocycles. The molecule has 10 heteroatoms. The maximum atomic E-state index is 12.9. The summed E-state index contributed by atoms with van der Waals surface area (Å²) in [6.45, 7) is 7.87. The standard InChI is InChI=1S/C21H26Cl2N2O5S/c1-5-25(6-2)31(27,28)15-11-12-18(29-7-3)17(13-15)24-21(26)14(4)30-19-10-8-9-16(22)20(19)23/h8-14H,5-7H2,1-4H3,(H,24,26). The van der Waals surface area contributed by atoms with E-state index in [-0.39, 0.29) is 21.4 Å². The van der Waals surface area contributed by atoms with Crippen molar-refractivity contribution in [3.8, 4) is 11.5 Å². The van der Waals surface area contributed by atoms with E-state index in [0.717, 1.165) is 0 Å². The number of anilines is 1. The molecule has 1 unspecified atom stereocenters. The fourth-order valence-electron chi connectivity index (χ4n) is 2.81. The molecular weight excluding hydrogens is 463 g/mol. The molecule has 2 aromatic carbocycles. The van der Waals surface area contributed by atoms with Crippen molar-refractivity contribution in [3.05, 3.63) is 46.4 Å². The topological polar surface area (TPSA) is 84.9 Å². The second-order valence-electron chi connectivity index (χ2n) is 6.48. The van der Waals surface area contributed by atoms with Crippen LogP contribution in [0.5, 0.6) is 11.5 Å². The van der Waals surface area contributed by atoms with Gasteiger partial charge in [-0.25, -0.2) is 8.42 Å². The first-order valence-electron chi connectivity index (χ1n) is 9.84. The van der Waals surface area contributed by atoms with E-state index in [1.807, 2.05) is 0 Å². The summed E-state index contributed by atoms with van der Waals surface area (Å²) in [5.41, 5.74) is 0.229. The van der Waals surface area contributed by atoms with Gasteiger partial charge >= 0.3 is 0 Å². The van der Waals surface area contributed by atoms with Crippen LogP contribution < -0.4 is 14.8 Å². The molecule has 0 radical (unpaired) electrons. The van der Waals surface area contributed by atoms with Gasteiger partial charge in [0.05, 0.1) is 22.2 Å². The van der Waals surface area contributed by atoms with Crippen molar-refractivity contribution in [3.63, 3.8) is 0 Å². The molecule has 0 fully saturated rings. The number of carbonyl (C=O) groups is 1. The summed E-state index contributed by atoms with van der Waals surface area (Å²) in [5, 5.41) is 3.19. The first-order chi connectivity index (χ1) is 14.6. The molecule has 1 amide bonds. The molecule has 0 heterocycles. The number of nitrogens with one attached hydrogen (secondary N) is 1. The van der Waals surface area contributed by atoms with Crippen molar-refractivity contribution in [1.82, 2.24) is 4.31 Å². The quantitative estimate of drug-likeness (QED) is 0.517. The molecule has 0 saturated heterocycles. The minimum Gasteiger partial charge on any atom is -0.492 e. The maximum absolute atomic E-state index is 12.9. The zero-order valence-corrected chi connectivity index (χ0v) is 20.1. The summed E-state index contributed by atoms with van der Waals surface area (Å²) in [4.78, 5) is 12.8. The van der Waals surface area contributed by atoms with Crippen LogP contribution in [0.2, 0.25) is 10.0 Å². The van der Waals surface area contributed by atoms with E-state index in [4.69, 9.17) is 32.7 Å². The smallest absolute Gasteiger partial charge is 0.265 e. The predicted molar refractivity (Wildman–Crippen MR) is 123 cm³/mol. The van der Waals surface area contributed by atoms with Crippen LogP contribution in [-0.4, -0.2) is 44.4 Å². The summed E-state index contributed by atoms with van der Waals surface area (Å²) in [6, 6.07) is 9.23. The number of halogens is 2. The largest absolute Gasteiger partial charge is 0.492 e. The van der Waals surface area contributed by atoms with Gasteiger partial charge in [-0.3, -0.25) is 4.79 Å². The van der Waals surface area contributed by atoms with E-state index in [9.17, 15) is 13.2 Å². The first-order valence-corrected chi connectivity index (χ1v) is 12.0. The molecular formula is C21H26Cl2N2O5S. The van der Waals surface area contributed by atoms with Gasteiger partial charge in [0.15, 0.2) is 6.10 Å². The molecule has 7 nitrogen and oxygen atoms in total. The lowest BCUT2D eigenvalue weighted by Gasteiger charge is -2.21. The van der Waals surface area contributed by atoms with Crippen LogP contribution in [0.4, 0.5) is 5.69 Å².